The van der Waals surface area contributed by atoms with Crippen LogP contribution in [0.1, 0.15) is 33.1 Å². The molecule has 1 fully saturated rings. The molecule has 0 amide bonds. The second kappa shape index (κ2) is 5.21. The van der Waals surface area contributed by atoms with Crippen LogP contribution in [0.5, 0.6) is 0 Å². The highest BCUT2D eigenvalue weighted by molar-refractivity contribution is 5.47. The van der Waals surface area contributed by atoms with Crippen molar-refractivity contribution in [2.75, 3.05) is 5.32 Å². The van der Waals surface area contributed by atoms with E-state index in [2.05, 4.69) is 19.2 Å². The second-order valence-electron chi connectivity index (χ2n) is 5.35. The smallest absolute Gasteiger partial charge is 0.152 e. The number of halogens is 3. The lowest BCUT2D eigenvalue weighted by Gasteiger charge is -2.33. The number of nitrogens with one attached hydrogen (secondary N) is 1. The van der Waals surface area contributed by atoms with Crippen LogP contribution < -0.4 is 5.32 Å². The first-order chi connectivity index (χ1) is 8.47. The van der Waals surface area contributed by atoms with Gasteiger partial charge in [0.2, 0.25) is 0 Å². The Morgan fingerprint density at radius 2 is 1.61 bits per heavy atom. The van der Waals surface area contributed by atoms with Gasteiger partial charge in [-0.15, -0.1) is 0 Å². The van der Waals surface area contributed by atoms with E-state index in [1.165, 1.54) is 0 Å². The highest BCUT2D eigenvalue weighted by Gasteiger charge is 2.25. The van der Waals surface area contributed by atoms with E-state index in [9.17, 15) is 13.2 Å². The van der Waals surface area contributed by atoms with Crippen molar-refractivity contribution in [1.82, 2.24) is 0 Å². The summed E-state index contributed by atoms with van der Waals surface area (Å²) in [6.45, 7) is 4.34. The minimum absolute atomic E-state index is 0.0608. The Morgan fingerprint density at radius 1 is 1.00 bits per heavy atom. The number of rotatable bonds is 2. The molecule has 0 bridgehead atoms. The van der Waals surface area contributed by atoms with Crippen molar-refractivity contribution < 1.29 is 13.2 Å². The van der Waals surface area contributed by atoms with Crippen molar-refractivity contribution in [3.63, 3.8) is 0 Å². The van der Waals surface area contributed by atoms with Crippen LogP contribution in [0.15, 0.2) is 12.1 Å². The largest absolute Gasteiger partial charge is 0.378 e. The van der Waals surface area contributed by atoms with Gasteiger partial charge in [0.25, 0.3) is 0 Å². The summed E-state index contributed by atoms with van der Waals surface area (Å²) in [5.41, 5.74) is -0.205. The van der Waals surface area contributed by atoms with Crippen LogP contribution in [0, 0.1) is 29.3 Å². The van der Waals surface area contributed by atoms with Gasteiger partial charge in [-0.25, -0.2) is 13.2 Å². The highest BCUT2D eigenvalue weighted by atomic mass is 19.1. The van der Waals surface area contributed by atoms with Crippen LogP contribution in [-0.2, 0) is 0 Å². The molecule has 3 unspecified atom stereocenters. The van der Waals surface area contributed by atoms with Gasteiger partial charge < -0.3 is 5.32 Å². The molecule has 100 valence electrons. The van der Waals surface area contributed by atoms with Gasteiger partial charge in [0, 0.05) is 18.2 Å². The Morgan fingerprint density at radius 3 is 2.17 bits per heavy atom. The zero-order valence-electron chi connectivity index (χ0n) is 10.6. The lowest BCUT2D eigenvalue weighted by molar-refractivity contribution is 0.260. The van der Waals surface area contributed by atoms with Crippen LogP contribution in [0.3, 0.4) is 0 Å². The van der Waals surface area contributed by atoms with Crippen molar-refractivity contribution in [3.8, 4) is 0 Å². The average molecular weight is 257 g/mol. The van der Waals surface area contributed by atoms with Gasteiger partial charge in [-0.2, -0.15) is 0 Å². The Bertz CT molecular complexity index is 410. The zero-order valence-corrected chi connectivity index (χ0v) is 10.6. The first kappa shape index (κ1) is 13.2. The van der Waals surface area contributed by atoms with E-state index in [1.807, 2.05) is 0 Å². The third kappa shape index (κ3) is 2.79. The van der Waals surface area contributed by atoms with Gasteiger partial charge in [-0.1, -0.05) is 13.8 Å². The maximum absolute atomic E-state index is 13.5. The number of hydrogen-bond acceptors (Lipinski definition) is 1. The molecule has 0 saturated heterocycles. The number of anilines is 1. The molecule has 1 aromatic carbocycles. The van der Waals surface area contributed by atoms with Gasteiger partial charge in [-0.05, 0) is 31.1 Å². The summed E-state index contributed by atoms with van der Waals surface area (Å²) in [6, 6.07) is 1.48. The molecule has 0 aromatic heterocycles. The van der Waals surface area contributed by atoms with Crippen molar-refractivity contribution in [2.24, 2.45) is 11.8 Å². The van der Waals surface area contributed by atoms with Gasteiger partial charge in [0.05, 0.1) is 0 Å². The van der Waals surface area contributed by atoms with Gasteiger partial charge in [0.15, 0.2) is 11.6 Å². The molecule has 1 saturated carbocycles. The fourth-order valence-corrected chi connectivity index (χ4v) is 2.56. The minimum atomic E-state index is -0.888. The molecule has 0 aliphatic heterocycles. The summed E-state index contributed by atoms with van der Waals surface area (Å²) in [5, 5.41) is 2.88. The third-order valence-corrected chi connectivity index (χ3v) is 3.95. The molecule has 0 spiro atoms. The summed E-state index contributed by atoms with van der Waals surface area (Å²) in [6.07, 6.45) is 2.82. The second-order valence-corrected chi connectivity index (χ2v) is 5.35. The molecule has 0 radical (unpaired) electrons. The van der Waals surface area contributed by atoms with Gasteiger partial charge in [0.1, 0.15) is 11.5 Å². The first-order valence-electron chi connectivity index (χ1n) is 6.38. The first-order valence-corrected chi connectivity index (χ1v) is 6.38. The van der Waals surface area contributed by atoms with Crippen LogP contribution in [-0.4, -0.2) is 6.04 Å². The Hall–Kier alpha value is -1.19. The molecule has 2 rings (SSSR count). The van der Waals surface area contributed by atoms with E-state index in [4.69, 9.17) is 0 Å². The summed E-state index contributed by atoms with van der Waals surface area (Å²) in [4.78, 5) is 0. The maximum Gasteiger partial charge on any atom is 0.152 e. The number of benzene rings is 1. The summed E-state index contributed by atoms with van der Waals surface area (Å²) < 4.78 is 39.8. The van der Waals surface area contributed by atoms with Crippen LogP contribution in [0.2, 0.25) is 0 Å². The van der Waals surface area contributed by atoms with E-state index in [0.717, 1.165) is 19.3 Å². The highest BCUT2D eigenvalue weighted by Crippen LogP contribution is 2.32. The predicted molar refractivity (Wildman–Crippen MR) is 65.9 cm³/mol. The predicted octanol–water partition coefficient (Wildman–Crippen LogP) is 4.34. The quantitative estimate of drug-likeness (QED) is 0.831. The zero-order chi connectivity index (χ0) is 13.3. The third-order valence-electron chi connectivity index (χ3n) is 3.95. The molecule has 1 aliphatic rings. The molecular weight excluding hydrogens is 239 g/mol. The van der Waals surface area contributed by atoms with Gasteiger partial charge in [-0.3, -0.25) is 0 Å². The topological polar surface area (TPSA) is 12.0 Å². The van der Waals surface area contributed by atoms with Crippen molar-refractivity contribution in [1.29, 1.82) is 0 Å². The summed E-state index contributed by atoms with van der Waals surface area (Å²) in [7, 11) is 0. The Balaban J connectivity index is 2.10. The molecule has 1 N–H and O–H groups in total. The molecular formula is C14H18F3N. The molecule has 3 atom stereocenters. The van der Waals surface area contributed by atoms with Crippen molar-refractivity contribution >= 4 is 5.69 Å². The Kier molecular flexibility index (Phi) is 3.83. The van der Waals surface area contributed by atoms with E-state index in [1.54, 1.807) is 0 Å². The van der Waals surface area contributed by atoms with Crippen molar-refractivity contribution in [3.05, 3.63) is 29.6 Å². The summed E-state index contributed by atoms with van der Waals surface area (Å²) >= 11 is 0. The fraction of sp³-hybridized carbons (Fsp3) is 0.571. The van der Waals surface area contributed by atoms with Crippen LogP contribution in [0.25, 0.3) is 0 Å². The standard InChI is InChI=1S/C14H18F3N/c1-8-3-4-11(5-9(8)2)18-14-12(16)6-10(15)7-13(14)17/h6-9,11,18H,3-5H2,1-2H3. The molecule has 1 nitrogen and oxygen atoms in total. The van der Waals surface area contributed by atoms with Crippen LogP contribution in [0.4, 0.5) is 18.9 Å². The number of hydrogen-bond donors (Lipinski definition) is 1. The van der Waals surface area contributed by atoms with Gasteiger partial charge >= 0.3 is 0 Å². The monoisotopic (exact) mass is 257 g/mol. The van der Waals surface area contributed by atoms with E-state index < -0.39 is 17.5 Å². The Labute approximate surface area is 105 Å². The fourth-order valence-electron chi connectivity index (χ4n) is 2.56. The van der Waals surface area contributed by atoms with E-state index in [0.29, 0.717) is 24.0 Å². The summed E-state index contributed by atoms with van der Waals surface area (Å²) in [5.74, 6) is -1.44. The van der Waals surface area contributed by atoms with Crippen LogP contribution >= 0.6 is 0 Å². The van der Waals surface area contributed by atoms with E-state index in [-0.39, 0.29) is 11.7 Å². The van der Waals surface area contributed by atoms with E-state index >= 15 is 0 Å². The van der Waals surface area contributed by atoms with Crippen molar-refractivity contribution in [2.45, 2.75) is 39.2 Å². The SMILES string of the molecule is CC1CCC(Nc2c(F)cc(F)cc2F)CC1C. The maximum atomic E-state index is 13.5. The molecule has 0 heterocycles. The normalized spacial score (nSPS) is 28.2. The molecule has 4 heteroatoms. The lowest BCUT2D eigenvalue weighted by atomic mass is 9.79. The molecule has 1 aliphatic carbocycles. The lowest BCUT2D eigenvalue weighted by Crippen LogP contribution is -2.31. The average Bonchev–Trinajstić information content (AvgIpc) is 2.28. The molecule has 1 aromatic rings. The minimum Gasteiger partial charge on any atom is -0.378 e. The molecule has 18 heavy (non-hydrogen) atoms.